The molecule has 102 valence electrons. The summed E-state index contributed by atoms with van der Waals surface area (Å²) in [5, 5.41) is 14.8. The van der Waals surface area contributed by atoms with Crippen molar-refractivity contribution < 1.29 is 14.7 Å². The van der Waals surface area contributed by atoms with E-state index in [4.69, 9.17) is 5.11 Å². The van der Waals surface area contributed by atoms with E-state index in [1.165, 1.54) is 12.1 Å². The number of carbonyl (C=O) groups excluding carboxylic acids is 1. The van der Waals surface area contributed by atoms with E-state index < -0.39 is 5.97 Å². The quantitative estimate of drug-likeness (QED) is 0.772. The summed E-state index contributed by atoms with van der Waals surface area (Å²) in [5.41, 5.74) is 0.690. The SMILES string of the molecule is CC[C@@H]1CNC(C(=O)Nc2cccc(C(=O)O)c2)C1. The van der Waals surface area contributed by atoms with Crippen molar-refractivity contribution in [3.8, 4) is 0 Å². The number of carboxylic acid groups (broad SMARTS) is 1. The molecule has 3 N–H and O–H groups in total. The highest BCUT2D eigenvalue weighted by molar-refractivity contribution is 5.96. The van der Waals surface area contributed by atoms with Gasteiger partial charge in [0, 0.05) is 5.69 Å². The Labute approximate surface area is 112 Å². The minimum atomic E-state index is -0.999. The second-order valence-corrected chi connectivity index (χ2v) is 4.85. The Kier molecular flexibility index (Phi) is 4.16. The van der Waals surface area contributed by atoms with E-state index in [9.17, 15) is 9.59 Å². The molecule has 0 radical (unpaired) electrons. The Morgan fingerprint density at radius 2 is 2.26 bits per heavy atom. The second-order valence-electron chi connectivity index (χ2n) is 4.85. The molecule has 5 nitrogen and oxygen atoms in total. The molecule has 0 bridgehead atoms. The molecule has 5 heteroatoms. The number of anilines is 1. The van der Waals surface area contributed by atoms with Crippen molar-refractivity contribution in [1.29, 1.82) is 0 Å². The van der Waals surface area contributed by atoms with Crippen LogP contribution in [0.25, 0.3) is 0 Å². The van der Waals surface area contributed by atoms with Crippen LogP contribution in [0.5, 0.6) is 0 Å². The number of nitrogens with one attached hydrogen (secondary N) is 2. The normalized spacial score (nSPS) is 22.2. The third-order valence-electron chi connectivity index (χ3n) is 3.49. The minimum absolute atomic E-state index is 0.0986. The molecule has 2 rings (SSSR count). The summed E-state index contributed by atoms with van der Waals surface area (Å²) in [7, 11) is 0. The summed E-state index contributed by atoms with van der Waals surface area (Å²) in [6.45, 7) is 2.98. The van der Waals surface area contributed by atoms with E-state index in [-0.39, 0.29) is 17.5 Å². The fourth-order valence-corrected chi connectivity index (χ4v) is 2.28. The first-order valence-electron chi connectivity index (χ1n) is 6.47. The Morgan fingerprint density at radius 1 is 1.47 bits per heavy atom. The van der Waals surface area contributed by atoms with Crippen LogP contribution in [0.1, 0.15) is 30.1 Å². The molecular formula is C14H18N2O3. The molecule has 1 heterocycles. The lowest BCUT2D eigenvalue weighted by Crippen LogP contribution is -2.35. The smallest absolute Gasteiger partial charge is 0.335 e. The topological polar surface area (TPSA) is 78.4 Å². The molecule has 1 amide bonds. The Bertz CT molecular complexity index is 487. The van der Waals surface area contributed by atoms with E-state index in [2.05, 4.69) is 17.6 Å². The predicted octanol–water partition coefficient (Wildman–Crippen LogP) is 1.71. The number of amides is 1. The molecule has 0 spiro atoms. The highest BCUT2D eigenvalue weighted by atomic mass is 16.4. The highest BCUT2D eigenvalue weighted by Gasteiger charge is 2.28. The van der Waals surface area contributed by atoms with Crippen LogP contribution in [0, 0.1) is 5.92 Å². The van der Waals surface area contributed by atoms with Gasteiger partial charge in [-0.2, -0.15) is 0 Å². The fraction of sp³-hybridized carbons (Fsp3) is 0.429. The number of hydrogen-bond acceptors (Lipinski definition) is 3. The van der Waals surface area contributed by atoms with Gasteiger partial charge in [0.25, 0.3) is 0 Å². The zero-order chi connectivity index (χ0) is 13.8. The van der Waals surface area contributed by atoms with E-state index >= 15 is 0 Å². The number of benzene rings is 1. The zero-order valence-electron chi connectivity index (χ0n) is 10.8. The third-order valence-corrected chi connectivity index (χ3v) is 3.49. The van der Waals surface area contributed by atoms with Crippen molar-refractivity contribution in [2.24, 2.45) is 5.92 Å². The monoisotopic (exact) mass is 262 g/mol. The van der Waals surface area contributed by atoms with E-state index in [1.54, 1.807) is 12.1 Å². The molecule has 1 aromatic rings. The molecule has 1 aliphatic heterocycles. The van der Waals surface area contributed by atoms with Gasteiger partial charge in [0.15, 0.2) is 0 Å². The van der Waals surface area contributed by atoms with Gasteiger partial charge in [-0.15, -0.1) is 0 Å². The van der Waals surface area contributed by atoms with Crippen molar-refractivity contribution >= 4 is 17.6 Å². The maximum absolute atomic E-state index is 12.0. The molecule has 0 aromatic heterocycles. The zero-order valence-corrected chi connectivity index (χ0v) is 10.8. The summed E-state index contributed by atoms with van der Waals surface area (Å²) in [6, 6.07) is 6.09. The van der Waals surface area contributed by atoms with Crippen LogP contribution in [0.4, 0.5) is 5.69 Å². The maximum Gasteiger partial charge on any atom is 0.335 e. The molecule has 0 aliphatic carbocycles. The van der Waals surface area contributed by atoms with Crippen molar-refractivity contribution in [3.05, 3.63) is 29.8 Å². The van der Waals surface area contributed by atoms with Crippen LogP contribution in [-0.2, 0) is 4.79 Å². The van der Waals surface area contributed by atoms with E-state index in [1.807, 2.05) is 0 Å². The van der Waals surface area contributed by atoms with Crippen LogP contribution in [0.3, 0.4) is 0 Å². The van der Waals surface area contributed by atoms with Crippen LogP contribution >= 0.6 is 0 Å². The first kappa shape index (κ1) is 13.5. The van der Waals surface area contributed by atoms with Gasteiger partial charge in [-0.3, -0.25) is 4.79 Å². The number of aromatic carboxylic acids is 1. The van der Waals surface area contributed by atoms with Crippen LogP contribution in [-0.4, -0.2) is 29.6 Å². The summed E-state index contributed by atoms with van der Waals surface area (Å²) >= 11 is 0. The van der Waals surface area contributed by atoms with Gasteiger partial charge in [-0.1, -0.05) is 19.4 Å². The second kappa shape index (κ2) is 5.84. The van der Waals surface area contributed by atoms with Gasteiger partial charge >= 0.3 is 5.97 Å². The highest BCUT2D eigenvalue weighted by Crippen LogP contribution is 2.19. The minimum Gasteiger partial charge on any atom is -0.478 e. The molecule has 0 saturated carbocycles. The van der Waals surface area contributed by atoms with Crippen LogP contribution in [0.15, 0.2) is 24.3 Å². The van der Waals surface area contributed by atoms with Crippen molar-refractivity contribution in [2.75, 3.05) is 11.9 Å². The lowest BCUT2D eigenvalue weighted by Gasteiger charge is -2.11. The number of rotatable bonds is 4. The number of hydrogen-bond donors (Lipinski definition) is 3. The van der Waals surface area contributed by atoms with Gasteiger partial charge in [-0.05, 0) is 37.1 Å². The lowest BCUT2D eigenvalue weighted by molar-refractivity contribution is -0.117. The lowest BCUT2D eigenvalue weighted by atomic mass is 10.0. The molecule has 1 unspecified atom stereocenters. The van der Waals surface area contributed by atoms with Crippen molar-refractivity contribution in [2.45, 2.75) is 25.8 Å². The van der Waals surface area contributed by atoms with Crippen molar-refractivity contribution in [3.63, 3.8) is 0 Å². The van der Waals surface area contributed by atoms with Crippen LogP contribution < -0.4 is 10.6 Å². The maximum atomic E-state index is 12.0. The molecule has 1 saturated heterocycles. The summed E-state index contributed by atoms with van der Waals surface area (Å²) < 4.78 is 0. The average molecular weight is 262 g/mol. The number of carbonyl (C=O) groups is 2. The molecule has 19 heavy (non-hydrogen) atoms. The van der Waals surface area contributed by atoms with Gasteiger partial charge in [0.2, 0.25) is 5.91 Å². The molecule has 1 aromatic carbocycles. The van der Waals surface area contributed by atoms with Crippen molar-refractivity contribution in [1.82, 2.24) is 5.32 Å². The van der Waals surface area contributed by atoms with Crippen LogP contribution in [0.2, 0.25) is 0 Å². The first-order valence-corrected chi connectivity index (χ1v) is 6.47. The molecule has 1 fully saturated rings. The van der Waals surface area contributed by atoms with Gasteiger partial charge in [-0.25, -0.2) is 4.79 Å². The fourth-order valence-electron chi connectivity index (χ4n) is 2.28. The summed E-state index contributed by atoms with van der Waals surface area (Å²) in [6.07, 6.45) is 1.90. The Hall–Kier alpha value is -1.88. The van der Waals surface area contributed by atoms with Gasteiger partial charge in [0.05, 0.1) is 11.6 Å². The first-order chi connectivity index (χ1) is 9.10. The van der Waals surface area contributed by atoms with E-state index in [0.29, 0.717) is 11.6 Å². The Balaban J connectivity index is 1.99. The van der Waals surface area contributed by atoms with E-state index in [0.717, 1.165) is 19.4 Å². The summed E-state index contributed by atoms with van der Waals surface area (Å²) in [4.78, 5) is 22.9. The standard InChI is InChI=1S/C14H18N2O3/c1-2-9-6-12(15-8-9)13(17)16-11-5-3-4-10(7-11)14(18)19/h3-5,7,9,12,15H,2,6,8H2,1H3,(H,16,17)(H,18,19)/t9-,12?/m0/s1. The molecular weight excluding hydrogens is 244 g/mol. The molecule has 2 atom stereocenters. The summed E-state index contributed by atoms with van der Waals surface area (Å²) in [5.74, 6) is -0.555. The average Bonchev–Trinajstić information content (AvgIpc) is 2.88. The molecule has 1 aliphatic rings. The van der Waals surface area contributed by atoms with Gasteiger partial charge < -0.3 is 15.7 Å². The Morgan fingerprint density at radius 3 is 2.89 bits per heavy atom. The number of carboxylic acids is 1. The van der Waals surface area contributed by atoms with Gasteiger partial charge in [0.1, 0.15) is 0 Å². The largest absolute Gasteiger partial charge is 0.478 e. The third kappa shape index (κ3) is 3.32. The predicted molar refractivity (Wildman–Crippen MR) is 72.2 cm³/mol.